The topological polar surface area (TPSA) is 49.8 Å². The molecule has 3 aromatic rings. The third-order valence-corrected chi connectivity index (χ3v) is 5.65. The summed E-state index contributed by atoms with van der Waals surface area (Å²) in [4.78, 5) is 10.4. The maximum absolute atomic E-state index is 4.75. The largest absolute Gasteiger partial charge is 0.351 e. The average molecular weight is 338 g/mol. The molecule has 24 heavy (non-hydrogen) atoms. The number of thiophene rings is 1. The Morgan fingerprint density at radius 3 is 2.71 bits per heavy atom. The minimum absolute atomic E-state index is 0.425. The molecule has 1 aliphatic heterocycles. The van der Waals surface area contributed by atoms with E-state index in [0.717, 1.165) is 24.5 Å². The Morgan fingerprint density at radius 1 is 1.12 bits per heavy atom. The van der Waals surface area contributed by atoms with Crippen molar-refractivity contribution in [3.8, 4) is 10.6 Å². The highest BCUT2D eigenvalue weighted by atomic mass is 32.1. The second-order valence-corrected chi connectivity index (χ2v) is 7.78. The number of benzene rings is 1. The molecule has 1 saturated heterocycles. The minimum Gasteiger partial charge on any atom is -0.351 e. The van der Waals surface area contributed by atoms with Gasteiger partial charge in [-0.15, -0.1) is 11.3 Å². The molecule has 0 radical (unpaired) electrons. The van der Waals surface area contributed by atoms with Crippen LogP contribution in [-0.2, 0) is 0 Å². The molecule has 1 aromatic carbocycles. The van der Waals surface area contributed by atoms with Crippen LogP contribution in [0.1, 0.15) is 26.7 Å². The maximum Gasteiger partial charge on any atom is 0.223 e. The van der Waals surface area contributed by atoms with Crippen LogP contribution in [-0.4, -0.2) is 28.1 Å². The fraction of sp³-hybridized carbons (Fsp3) is 0.368. The second-order valence-electron chi connectivity index (χ2n) is 6.70. The van der Waals surface area contributed by atoms with Crippen LogP contribution in [0.2, 0.25) is 0 Å². The Labute approximate surface area is 146 Å². The fourth-order valence-electron chi connectivity index (χ4n) is 3.55. The third kappa shape index (κ3) is 3.28. The summed E-state index contributed by atoms with van der Waals surface area (Å²) in [6, 6.07) is 14.1. The van der Waals surface area contributed by atoms with Crippen LogP contribution < -0.4 is 10.6 Å². The standard InChI is InChI=1S/C19H22N4S/c1-12-9-15(10-13(2)21-12)22-19-20-8-7-16(23-19)18-11-14-5-3-4-6-17(14)24-18/h3-8,11-13,15,21H,9-10H2,1-2H3,(H,20,22,23)/t12-,13-/m1/s1. The zero-order chi connectivity index (χ0) is 16.5. The van der Waals surface area contributed by atoms with Gasteiger partial charge in [0.05, 0.1) is 10.6 Å². The van der Waals surface area contributed by atoms with Crippen LogP contribution in [0.25, 0.3) is 20.7 Å². The first-order valence-corrected chi connectivity index (χ1v) is 9.33. The maximum atomic E-state index is 4.75. The lowest BCUT2D eigenvalue weighted by Gasteiger charge is -2.33. The molecule has 5 heteroatoms. The Bertz CT molecular complexity index is 801. The van der Waals surface area contributed by atoms with E-state index in [2.05, 4.69) is 59.8 Å². The highest BCUT2D eigenvalue weighted by molar-refractivity contribution is 7.22. The summed E-state index contributed by atoms with van der Waals surface area (Å²) < 4.78 is 1.29. The number of anilines is 1. The van der Waals surface area contributed by atoms with Crippen molar-refractivity contribution in [2.45, 2.75) is 44.8 Å². The van der Waals surface area contributed by atoms with Gasteiger partial charge in [-0.1, -0.05) is 18.2 Å². The number of nitrogens with zero attached hydrogens (tertiary/aromatic N) is 2. The first-order chi connectivity index (χ1) is 11.7. The van der Waals surface area contributed by atoms with Gasteiger partial charge in [-0.3, -0.25) is 0 Å². The van der Waals surface area contributed by atoms with Crippen LogP contribution in [0.5, 0.6) is 0 Å². The van der Waals surface area contributed by atoms with Gasteiger partial charge in [0.2, 0.25) is 5.95 Å². The van der Waals surface area contributed by atoms with Gasteiger partial charge in [-0.25, -0.2) is 9.97 Å². The third-order valence-electron chi connectivity index (χ3n) is 4.51. The first-order valence-electron chi connectivity index (χ1n) is 8.52. The molecule has 4 nitrogen and oxygen atoms in total. The number of aromatic nitrogens is 2. The summed E-state index contributed by atoms with van der Waals surface area (Å²) in [6.07, 6.45) is 4.05. The van der Waals surface area contributed by atoms with Crippen LogP contribution in [0, 0.1) is 0 Å². The van der Waals surface area contributed by atoms with E-state index < -0.39 is 0 Å². The van der Waals surface area contributed by atoms with Gasteiger partial charge in [-0.05, 0) is 50.3 Å². The van der Waals surface area contributed by atoms with Gasteiger partial charge in [0.1, 0.15) is 0 Å². The van der Waals surface area contributed by atoms with Crippen molar-refractivity contribution < 1.29 is 0 Å². The summed E-state index contributed by atoms with van der Waals surface area (Å²) >= 11 is 1.78. The lowest BCUT2D eigenvalue weighted by Crippen LogP contribution is -2.46. The highest BCUT2D eigenvalue weighted by Gasteiger charge is 2.23. The Morgan fingerprint density at radius 2 is 1.92 bits per heavy atom. The number of rotatable bonds is 3. The quantitative estimate of drug-likeness (QED) is 0.747. The number of hydrogen-bond donors (Lipinski definition) is 2. The van der Waals surface area contributed by atoms with Crippen molar-refractivity contribution in [2.24, 2.45) is 0 Å². The summed E-state index contributed by atoms with van der Waals surface area (Å²) in [6.45, 7) is 4.47. The molecule has 0 aliphatic carbocycles. The molecular weight excluding hydrogens is 316 g/mol. The van der Waals surface area contributed by atoms with Gasteiger partial charge in [0.15, 0.2) is 0 Å². The molecule has 0 unspecified atom stereocenters. The first kappa shape index (κ1) is 15.5. The number of piperidine rings is 1. The van der Waals surface area contributed by atoms with E-state index in [0.29, 0.717) is 18.1 Å². The molecule has 2 N–H and O–H groups in total. The molecule has 0 saturated carbocycles. The highest BCUT2D eigenvalue weighted by Crippen LogP contribution is 2.32. The van der Waals surface area contributed by atoms with Gasteiger partial charge < -0.3 is 10.6 Å². The predicted octanol–water partition coefficient (Wildman–Crippen LogP) is 4.30. The van der Waals surface area contributed by atoms with E-state index in [-0.39, 0.29) is 0 Å². The molecule has 1 aliphatic rings. The Kier molecular flexibility index (Phi) is 4.21. The SMILES string of the molecule is C[C@@H]1CC(Nc2nccc(-c3cc4ccccc4s3)n2)C[C@@H](C)N1. The zero-order valence-electron chi connectivity index (χ0n) is 14.0. The molecule has 124 valence electrons. The molecule has 0 spiro atoms. The lowest BCUT2D eigenvalue weighted by molar-refractivity contribution is 0.329. The lowest BCUT2D eigenvalue weighted by atomic mass is 9.95. The molecule has 2 aromatic heterocycles. The Balaban J connectivity index is 1.57. The smallest absolute Gasteiger partial charge is 0.223 e. The molecular formula is C19H22N4S. The van der Waals surface area contributed by atoms with E-state index in [4.69, 9.17) is 4.98 Å². The molecule has 0 bridgehead atoms. The van der Waals surface area contributed by atoms with Gasteiger partial charge >= 0.3 is 0 Å². The van der Waals surface area contributed by atoms with Gasteiger partial charge in [0, 0.05) is 29.0 Å². The summed E-state index contributed by atoms with van der Waals surface area (Å²) in [5.74, 6) is 0.733. The van der Waals surface area contributed by atoms with Crippen LogP contribution >= 0.6 is 11.3 Å². The van der Waals surface area contributed by atoms with Crippen molar-refractivity contribution in [1.82, 2.24) is 15.3 Å². The second kappa shape index (κ2) is 6.49. The van der Waals surface area contributed by atoms with Crippen LogP contribution in [0.3, 0.4) is 0 Å². The van der Waals surface area contributed by atoms with Crippen molar-refractivity contribution in [3.63, 3.8) is 0 Å². The van der Waals surface area contributed by atoms with Crippen LogP contribution in [0.15, 0.2) is 42.6 Å². The monoisotopic (exact) mass is 338 g/mol. The van der Waals surface area contributed by atoms with E-state index in [1.54, 1.807) is 11.3 Å². The predicted molar refractivity (Wildman–Crippen MR) is 102 cm³/mol. The van der Waals surface area contributed by atoms with Crippen LogP contribution in [0.4, 0.5) is 5.95 Å². The molecule has 3 heterocycles. The molecule has 2 atom stereocenters. The fourth-order valence-corrected chi connectivity index (χ4v) is 4.58. The normalized spacial score (nSPS) is 24.2. The number of hydrogen-bond acceptors (Lipinski definition) is 5. The average Bonchev–Trinajstić information content (AvgIpc) is 2.98. The van der Waals surface area contributed by atoms with Crippen molar-refractivity contribution in [1.29, 1.82) is 0 Å². The number of fused-ring (bicyclic) bond motifs is 1. The van der Waals surface area contributed by atoms with E-state index in [1.807, 2.05) is 12.3 Å². The molecule has 1 fully saturated rings. The zero-order valence-corrected chi connectivity index (χ0v) is 14.8. The van der Waals surface area contributed by atoms with Crippen molar-refractivity contribution in [2.75, 3.05) is 5.32 Å². The summed E-state index contributed by atoms with van der Waals surface area (Å²) in [5.41, 5.74) is 0.990. The van der Waals surface area contributed by atoms with Crippen molar-refractivity contribution >= 4 is 27.4 Å². The number of nitrogens with one attached hydrogen (secondary N) is 2. The van der Waals surface area contributed by atoms with E-state index in [9.17, 15) is 0 Å². The Hall–Kier alpha value is -1.98. The van der Waals surface area contributed by atoms with E-state index >= 15 is 0 Å². The van der Waals surface area contributed by atoms with Gasteiger partial charge in [0.25, 0.3) is 0 Å². The van der Waals surface area contributed by atoms with Gasteiger partial charge in [-0.2, -0.15) is 0 Å². The van der Waals surface area contributed by atoms with E-state index in [1.165, 1.54) is 15.0 Å². The molecule has 4 rings (SSSR count). The minimum atomic E-state index is 0.425. The van der Waals surface area contributed by atoms with Crippen molar-refractivity contribution in [3.05, 3.63) is 42.6 Å². The summed E-state index contributed by atoms with van der Waals surface area (Å²) in [7, 11) is 0. The molecule has 0 amide bonds. The summed E-state index contributed by atoms with van der Waals surface area (Å²) in [5, 5.41) is 8.37.